The minimum atomic E-state index is -3.76. The number of esters is 1. The van der Waals surface area contributed by atoms with Crippen molar-refractivity contribution in [1.29, 1.82) is 0 Å². The number of nitrogens with zero attached hydrogens (tertiary/aromatic N) is 2. The molecule has 114 valence electrons. The van der Waals surface area contributed by atoms with E-state index in [1.165, 1.54) is 14.2 Å². The first-order chi connectivity index (χ1) is 9.94. The molecule has 0 bridgehead atoms. The molecule has 21 heavy (non-hydrogen) atoms. The van der Waals surface area contributed by atoms with E-state index < -0.39 is 16.2 Å². The minimum Gasteiger partial charge on any atom is -0.469 e. The van der Waals surface area contributed by atoms with Crippen LogP contribution in [0.1, 0.15) is 6.42 Å². The van der Waals surface area contributed by atoms with Crippen LogP contribution in [0.2, 0.25) is 0 Å². The van der Waals surface area contributed by atoms with Crippen molar-refractivity contribution in [3.8, 4) is 0 Å². The molecular formula is C12H16N4O4S. The van der Waals surface area contributed by atoms with Crippen LogP contribution in [0.25, 0.3) is 10.9 Å². The summed E-state index contributed by atoms with van der Waals surface area (Å²) in [6, 6.07) is 5.17. The molecule has 0 saturated carbocycles. The normalized spacial score (nSPS) is 11.8. The number of carbonyl (C=O) groups excluding carboxylic acids is 1. The fourth-order valence-corrected chi connectivity index (χ4v) is 2.68. The summed E-state index contributed by atoms with van der Waals surface area (Å²) in [7, 11) is -1.11. The summed E-state index contributed by atoms with van der Waals surface area (Å²) >= 11 is 0. The number of nitrogens with one attached hydrogen (secondary N) is 2. The Morgan fingerprint density at radius 2 is 2.24 bits per heavy atom. The van der Waals surface area contributed by atoms with Crippen molar-refractivity contribution in [2.24, 2.45) is 0 Å². The van der Waals surface area contributed by atoms with Gasteiger partial charge in [-0.15, -0.1) is 0 Å². The highest BCUT2D eigenvalue weighted by Gasteiger charge is 2.19. The quantitative estimate of drug-likeness (QED) is 0.765. The van der Waals surface area contributed by atoms with Crippen molar-refractivity contribution in [2.45, 2.75) is 6.42 Å². The Morgan fingerprint density at radius 3 is 2.95 bits per heavy atom. The van der Waals surface area contributed by atoms with E-state index in [9.17, 15) is 13.2 Å². The van der Waals surface area contributed by atoms with Gasteiger partial charge in [-0.05, 0) is 6.07 Å². The van der Waals surface area contributed by atoms with Crippen LogP contribution >= 0.6 is 0 Å². The average Bonchev–Trinajstić information content (AvgIpc) is 2.93. The number of aromatic amines is 1. The van der Waals surface area contributed by atoms with E-state index in [2.05, 4.69) is 19.7 Å². The van der Waals surface area contributed by atoms with Crippen molar-refractivity contribution in [2.75, 3.05) is 25.4 Å². The van der Waals surface area contributed by atoms with E-state index in [-0.39, 0.29) is 13.0 Å². The highest BCUT2D eigenvalue weighted by molar-refractivity contribution is 7.90. The topological polar surface area (TPSA) is 104 Å². The molecule has 9 heteroatoms. The predicted molar refractivity (Wildman–Crippen MR) is 77.9 cm³/mol. The summed E-state index contributed by atoms with van der Waals surface area (Å²) in [5.41, 5.74) is 0.998. The molecule has 0 unspecified atom stereocenters. The van der Waals surface area contributed by atoms with Gasteiger partial charge in [0.25, 0.3) is 0 Å². The number of hydrogen-bond donors (Lipinski definition) is 2. The van der Waals surface area contributed by atoms with Crippen LogP contribution in [-0.4, -0.2) is 49.6 Å². The molecule has 2 N–H and O–H groups in total. The summed E-state index contributed by atoms with van der Waals surface area (Å²) in [5, 5.41) is 7.41. The third kappa shape index (κ3) is 3.50. The van der Waals surface area contributed by atoms with Crippen LogP contribution in [0.5, 0.6) is 0 Å². The molecule has 0 atom stereocenters. The van der Waals surface area contributed by atoms with Crippen LogP contribution < -0.4 is 4.72 Å². The number of methoxy groups -OCH3 is 1. The van der Waals surface area contributed by atoms with Crippen molar-refractivity contribution in [3.05, 3.63) is 24.4 Å². The summed E-state index contributed by atoms with van der Waals surface area (Å²) in [6.07, 6.45) is 1.59. The molecule has 2 rings (SSSR count). The molecule has 0 spiro atoms. The maximum atomic E-state index is 12.2. The minimum absolute atomic E-state index is 0.0117. The van der Waals surface area contributed by atoms with Crippen LogP contribution in [0.3, 0.4) is 0 Å². The molecule has 1 aromatic heterocycles. The van der Waals surface area contributed by atoms with Crippen LogP contribution in [0.15, 0.2) is 24.4 Å². The molecular weight excluding hydrogens is 296 g/mol. The zero-order valence-corrected chi connectivity index (χ0v) is 12.5. The number of benzene rings is 1. The molecule has 0 aliphatic heterocycles. The van der Waals surface area contributed by atoms with Gasteiger partial charge in [0.2, 0.25) is 0 Å². The largest absolute Gasteiger partial charge is 0.469 e. The molecule has 1 heterocycles. The molecule has 0 amide bonds. The van der Waals surface area contributed by atoms with Crippen molar-refractivity contribution >= 4 is 32.8 Å². The monoisotopic (exact) mass is 312 g/mol. The number of ether oxygens (including phenoxy) is 1. The standard InChI is InChI=1S/C12H16N4O4S/c1-16(7-6-11(17)20-2)21(18,19)15-10-5-3-4-9-8-13-14-12(9)10/h3-5,8,15H,6-7H2,1-2H3,(H,13,14). The second-order valence-electron chi connectivity index (χ2n) is 4.39. The van der Waals surface area contributed by atoms with Crippen LogP contribution in [-0.2, 0) is 19.7 Å². The first-order valence-electron chi connectivity index (χ1n) is 6.17. The van der Waals surface area contributed by atoms with Gasteiger partial charge in [0.1, 0.15) is 0 Å². The molecule has 0 aliphatic rings. The summed E-state index contributed by atoms with van der Waals surface area (Å²) in [4.78, 5) is 11.1. The Balaban J connectivity index is 2.13. The van der Waals surface area contributed by atoms with Gasteiger partial charge in [-0.3, -0.25) is 14.6 Å². The number of fused-ring (bicyclic) bond motifs is 1. The molecule has 0 fully saturated rings. The SMILES string of the molecule is COC(=O)CCN(C)S(=O)(=O)Nc1cccc2cn[nH]c12. The smallest absolute Gasteiger partial charge is 0.306 e. The first-order valence-corrected chi connectivity index (χ1v) is 7.61. The number of rotatable bonds is 6. The second-order valence-corrected chi connectivity index (χ2v) is 6.17. The first kappa shape index (κ1) is 15.3. The summed E-state index contributed by atoms with van der Waals surface area (Å²) in [5.74, 6) is -0.465. The Hall–Kier alpha value is -2.13. The number of anilines is 1. The van der Waals surface area contributed by atoms with Crippen molar-refractivity contribution in [3.63, 3.8) is 0 Å². The van der Waals surface area contributed by atoms with Crippen LogP contribution in [0, 0.1) is 0 Å². The fraction of sp³-hybridized carbons (Fsp3) is 0.333. The Labute approximate surface area is 122 Å². The zero-order valence-electron chi connectivity index (χ0n) is 11.7. The molecule has 0 aliphatic carbocycles. The van der Waals surface area contributed by atoms with Crippen molar-refractivity contribution in [1.82, 2.24) is 14.5 Å². The van der Waals surface area contributed by atoms with E-state index in [4.69, 9.17) is 0 Å². The van der Waals surface area contributed by atoms with E-state index in [1.54, 1.807) is 18.3 Å². The van der Waals surface area contributed by atoms with Gasteiger partial charge in [-0.1, -0.05) is 12.1 Å². The molecule has 1 aromatic carbocycles. The average molecular weight is 312 g/mol. The lowest BCUT2D eigenvalue weighted by Crippen LogP contribution is -2.34. The number of carbonyl (C=O) groups is 1. The van der Waals surface area contributed by atoms with E-state index in [0.29, 0.717) is 11.2 Å². The van der Waals surface area contributed by atoms with E-state index >= 15 is 0 Å². The molecule has 8 nitrogen and oxygen atoms in total. The molecule has 2 aromatic rings. The summed E-state index contributed by atoms with van der Waals surface area (Å²) < 4.78 is 32.4. The zero-order chi connectivity index (χ0) is 15.5. The summed E-state index contributed by atoms with van der Waals surface area (Å²) in [6.45, 7) is 0.0287. The van der Waals surface area contributed by atoms with E-state index in [0.717, 1.165) is 9.69 Å². The van der Waals surface area contributed by atoms with E-state index in [1.807, 2.05) is 6.07 Å². The number of aromatic nitrogens is 2. The van der Waals surface area contributed by atoms with Crippen molar-refractivity contribution < 1.29 is 17.9 Å². The maximum absolute atomic E-state index is 12.2. The Kier molecular flexibility index (Phi) is 4.43. The molecule has 0 radical (unpaired) electrons. The highest BCUT2D eigenvalue weighted by atomic mass is 32.2. The van der Waals surface area contributed by atoms with Gasteiger partial charge in [0.15, 0.2) is 0 Å². The maximum Gasteiger partial charge on any atom is 0.306 e. The predicted octanol–water partition coefficient (Wildman–Crippen LogP) is 0.714. The number of H-pyrrole nitrogens is 1. The lowest BCUT2D eigenvalue weighted by molar-refractivity contribution is -0.140. The van der Waals surface area contributed by atoms with Gasteiger partial charge in [-0.2, -0.15) is 17.8 Å². The Morgan fingerprint density at radius 1 is 1.48 bits per heavy atom. The van der Waals surface area contributed by atoms with Crippen LogP contribution in [0.4, 0.5) is 5.69 Å². The highest BCUT2D eigenvalue weighted by Crippen LogP contribution is 2.22. The number of para-hydroxylation sites is 1. The van der Waals surface area contributed by atoms with Gasteiger partial charge >= 0.3 is 16.2 Å². The van der Waals surface area contributed by atoms with Gasteiger partial charge < -0.3 is 4.74 Å². The Bertz CT molecular complexity index is 741. The van der Waals surface area contributed by atoms with Gasteiger partial charge in [0, 0.05) is 19.0 Å². The molecule has 0 saturated heterocycles. The third-order valence-corrected chi connectivity index (χ3v) is 4.47. The third-order valence-electron chi connectivity index (χ3n) is 2.98. The lowest BCUT2D eigenvalue weighted by atomic mass is 10.2. The van der Waals surface area contributed by atoms with Gasteiger partial charge in [-0.25, -0.2) is 0 Å². The number of hydrogen-bond acceptors (Lipinski definition) is 5. The fourth-order valence-electron chi connectivity index (χ4n) is 1.74. The second kappa shape index (κ2) is 6.10. The lowest BCUT2D eigenvalue weighted by Gasteiger charge is -2.18. The van der Waals surface area contributed by atoms with Gasteiger partial charge in [0.05, 0.1) is 30.9 Å².